The van der Waals surface area contributed by atoms with E-state index in [1.54, 1.807) is 10.7 Å². The maximum absolute atomic E-state index is 12.5. The molecule has 0 saturated heterocycles. The second-order valence-electron chi connectivity index (χ2n) is 5.87. The molecule has 5 nitrogen and oxygen atoms in total. The van der Waals surface area contributed by atoms with Crippen LogP contribution < -0.4 is 0 Å². The summed E-state index contributed by atoms with van der Waals surface area (Å²) >= 11 is 0. The van der Waals surface area contributed by atoms with Gasteiger partial charge in [-0.25, -0.2) is 9.48 Å². The smallest absolute Gasteiger partial charge is 0.345 e. The molecular formula is C20H17N3O2. The molecule has 0 fully saturated rings. The molecule has 0 N–H and O–H groups in total. The first kappa shape index (κ1) is 15.3. The third kappa shape index (κ3) is 2.74. The van der Waals surface area contributed by atoms with Crippen LogP contribution in [-0.4, -0.2) is 21.0 Å². The van der Waals surface area contributed by atoms with Crippen LogP contribution in [0.5, 0.6) is 0 Å². The Morgan fingerprint density at radius 1 is 1.04 bits per heavy atom. The van der Waals surface area contributed by atoms with E-state index in [1.807, 2.05) is 54.6 Å². The molecule has 0 atom stereocenters. The Labute approximate surface area is 145 Å². The topological polar surface area (TPSA) is 57.0 Å². The minimum Gasteiger partial charge on any atom is -0.427 e. The molecule has 0 unspecified atom stereocenters. The summed E-state index contributed by atoms with van der Waals surface area (Å²) in [6, 6.07) is 17.2. The highest BCUT2D eigenvalue weighted by atomic mass is 16.5. The SMILES string of the molecule is CCC/C1=C/c2c(-c3ccccc3)nnn2-c2ccccc2C(=O)O1. The van der Waals surface area contributed by atoms with Crippen LogP contribution in [0.2, 0.25) is 0 Å². The van der Waals surface area contributed by atoms with Crippen molar-refractivity contribution >= 4 is 12.0 Å². The molecule has 1 aromatic heterocycles. The highest BCUT2D eigenvalue weighted by Gasteiger charge is 2.24. The average molecular weight is 331 g/mol. The Kier molecular flexibility index (Phi) is 3.90. The van der Waals surface area contributed by atoms with Gasteiger partial charge in [0, 0.05) is 18.1 Å². The van der Waals surface area contributed by atoms with Gasteiger partial charge >= 0.3 is 5.97 Å². The van der Waals surface area contributed by atoms with E-state index >= 15 is 0 Å². The van der Waals surface area contributed by atoms with Gasteiger partial charge in [-0.2, -0.15) is 0 Å². The summed E-state index contributed by atoms with van der Waals surface area (Å²) in [4.78, 5) is 12.5. The van der Waals surface area contributed by atoms with Crippen molar-refractivity contribution < 1.29 is 9.53 Å². The molecule has 25 heavy (non-hydrogen) atoms. The number of esters is 1. The number of ether oxygens (including phenoxy) is 1. The maximum atomic E-state index is 12.5. The molecule has 0 aliphatic carbocycles. The fourth-order valence-electron chi connectivity index (χ4n) is 2.95. The van der Waals surface area contributed by atoms with E-state index in [0.717, 1.165) is 23.4 Å². The Bertz CT molecular complexity index is 958. The predicted octanol–water partition coefficient (Wildman–Crippen LogP) is 4.25. The molecule has 2 heterocycles. The van der Waals surface area contributed by atoms with E-state index in [4.69, 9.17) is 4.74 Å². The third-order valence-electron chi connectivity index (χ3n) is 4.12. The summed E-state index contributed by atoms with van der Waals surface area (Å²) in [6.45, 7) is 2.05. The summed E-state index contributed by atoms with van der Waals surface area (Å²) in [6.07, 6.45) is 3.43. The molecule has 2 aromatic carbocycles. The summed E-state index contributed by atoms with van der Waals surface area (Å²) in [5.41, 5.74) is 3.70. The zero-order valence-corrected chi connectivity index (χ0v) is 13.8. The number of hydrogen-bond acceptors (Lipinski definition) is 4. The molecule has 4 rings (SSSR count). The standard InChI is InChI=1S/C20H17N3O2/c1-2-8-15-13-18-19(14-9-4-3-5-10-14)21-22-23(18)17-12-7-6-11-16(17)20(24)25-15/h3-7,9-13H,2,8H2,1H3/b15-13-. The quantitative estimate of drug-likeness (QED) is 0.673. The first-order valence-electron chi connectivity index (χ1n) is 8.31. The van der Waals surface area contributed by atoms with Crippen LogP contribution >= 0.6 is 0 Å². The number of hydrogen-bond donors (Lipinski definition) is 0. The maximum Gasteiger partial charge on any atom is 0.345 e. The van der Waals surface area contributed by atoms with Crippen LogP contribution in [-0.2, 0) is 4.74 Å². The van der Waals surface area contributed by atoms with Crippen LogP contribution in [0.15, 0.2) is 60.4 Å². The number of para-hydroxylation sites is 1. The molecule has 1 aliphatic heterocycles. The van der Waals surface area contributed by atoms with Crippen molar-refractivity contribution in [2.45, 2.75) is 19.8 Å². The lowest BCUT2D eigenvalue weighted by Gasteiger charge is -2.16. The highest BCUT2D eigenvalue weighted by Crippen LogP contribution is 2.30. The molecule has 0 amide bonds. The molecule has 124 valence electrons. The second-order valence-corrected chi connectivity index (χ2v) is 5.87. The number of fused-ring (bicyclic) bond motifs is 3. The van der Waals surface area contributed by atoms with Crippen molar-refractivity contribution in [3.8, 4) is 16.9 Å². The van der Waals surface area contributed by atoms with Crippen molar-refractivity contribution in [2.24, 2.45) is 0 Å². The molecule has 5 heteroatoms. The van der Waals surface area contributed by atoms with Crippen LogP contribution in [0.25, 0.3) is 23.0 Å². The number of aromatic nitrogens is 3. The molecular weight excluding hydrogens is 314 g/mol. The minimum absolute atomic E-state index is 0.363. The lowest BCUT2D eigenvalue weighted by molar-refractivity contribution is 0.0616. The summed E-state index contributed by atoms with van der Waals surface area (Å²) in [5, 5.41) is 8.69. The Morgan fingerprint density at radius 3 is 2.60 bits per heavy atom. The largest absolute Gasteiger partial charge is 0.427 e. The fraction of sp³-hybridized carbons (Fsp3) is 0.150. The van der Waals surface area contributed by atoms with E-state index in [-0.39, 0.29) is 5.97 Å². The number of rotatable bonds is 3. The minimum atomic E-state index is -0.363. The van der Waals surface area contributed by atoms with Gasteiger partial charge in [-0.3, -0.25) is 0 Å². The van der Waals surface area contributed by atoms with Crippen LogP contribution in [0.3, 0.4) is 0 Å². The Hall–Kier alpha value is -3.21. The van der Waals surface area contributed by atoms with Gasteiger partial charge in [-0.05, 0) is 18.6 Å². The van der Waals surface area contributed by atoms with E-state index in [2.05, 4.69) is 17.2 Å². The van der Waals surface area contributed by atoms with Crippen LogP contribution in [0.1, 0.15) is 35.8 Å². The van der Waals surface area contributed by atoms with Gasteiger partial charge in [0.2, 0.25) is 0 Å². The van der Waals surface area contributed by atoms with Gasteiger partial charge in [0.25, 0.3) is 0 Å². The summed E-state index contributed by atoms with van der Waals surface area (Å²) in [7, 11) is 0. The zero-order valence-electron chi connectivity index (χ0n) is 13.8. The zero-order chi connectivity index (χ0) is 17.2. The number of cyclic esters (lactones) is 1. The predicted molar refractivity (Wildman–Crippen MR) is 95.1 cm³/mol. The van der Waals surface area contributed by atoms with Gasteiger partial charge in [0.15, 0.2) is 0 Å². The number of nitrogens with zero attached hydrogens (tertiary/aromatic N) is 3. The molecule has 0 spiro atoms. The fourth-order valence-corrected chi connectivity index (χ4v) is 2.95. The van der Waals surface area contributed by atoms with Gasteiger partial charge in [-0.1, -0.05) is 54.6 Å². The summed E-state index contributed by atoms with van der Waals surface area (Å²) < 4.78 is 7.34. The van der Waals surface area contributed by atoms with Crippen molar-refractivity contribution in [3.63, 3.8) is 0 Å². The third-order valence-corrected chi connectivity index (χ3v) is 4.12. The van der Waals surface area contributed by atoms with E-state index < -0.39 is 0 Å². The van der Waals surface area contributed by atoms with Crippen molar-refractivity contribution in [1.29, 1.82) is 0 Å². The molecule has 1 aliphatic rings. The lowest BCUT2D eigenvalue weighted by Crippen LogP contribution is -2.14. The molecule has 0 bridgehead atoms. The normalized spacial score (nSPS) is 15.2. The van der Waals surface area contributed by atoms with Crippen molar-refractivity contribution in [2.75, 3.05) is 0 Å². The molecule has 0 saturated carbocycles. The highest BCUT2D eigenvalue weighted by molar-refractivity contribution is 5.95. The number of carbonyl (C=O) groups excluding carboxylic acids is 1. The number of carbonyl (C=O) groups is 1. The van der Waals surface area contributed by atoms with Crippen LogP contribution in [0, 0.1) is 0 Å². The second kappa shape index (κ2) is 6.36. The Balaban J connectivity index is 1.98. The number of benzene rings is 2. The lowest BCUT2D eigenvalue weighted by atomic mass is 10.1. The van der Waals surface area contributed by atoms with E-state index in [0.29, 0.717) is 23.4 Å². The van der Waals surface area contributed by atoms with E-state index in [1.165, 1.54) is 0 Å². The number of allylic oxidation sites excluding steroid dienone is 1. The molecule has 3 aromatic rings. The van der Waals surface area contributed by atoms with Gasteiger partial charge in [0.05, 0.1) is 16.9 Å². The van der Waals surface area contributed by atoms with Crippen molar-refractivity contribution in [1.82, 2.24) is 15.0 Å². The van der Waals surface area contributed by atoms with Gasteiger partial charge in [0.1, 0.15) is 11.5 Å². The first-order valence-corrected chi connectivity index (χ1v) is 8.31. The average Bonchev–Trinajstić information content (AvgIpc) is 3.04. The van der Waals surface area contributed by atoms with Gasteiger partial charge < -0.3 is 4.74 Å². The summed E-state index contributed by atoms with van der Waals surface area (Å²) in [5.74, 6) is 0.264. The monoisotopic (exact) mass is 331 g/mol. The van der Waals surface area contributed by atoms with Crippen molar-refractivity contribution in [3.05, 3.63) is 71.6 Å². The van der Waals surface area contributed by atoms with E-state index in [9.17, 15) is 4.79 Å². The Morgan fingerprint density at radius 2 is 1.80 bits per heavy atom. The van der Waals surface area contributed by atoms with Crippen LogP contribution in [0.4, 0.5) is 0 Å². The van der Waals surface area contributed by atoms with Gasteiger partial charge in [-0.15, -0.1) is 5.10 Å². The molecule has 0 radical (unpaired) electrons. The first-order chi connectivity index (χ1) is 12.3.